The van der Waals surface area contributed by atoms with Crippen LogP contribution in [-0.4, -0.2) is 41.0 Å². The van der Waals surface area contributed by atoms with Crippen molar-refractivity contribution in [3.8, 4) is 0 Å². The predicted molar refractivity (Wildman–Crippen MR) is 102 cm³/mol. The van der Waals surface area contributed by atoms with Gasteiger partial charge in [0.05, 0.1) is 18.6 Å². The van der Waals surface area contributed by atoms with E-state index in [1.54, 1.807) is 11.8 Å². The molecule has 1 atom stereocenters. The monoisotopic (exact) mass is 354 g/mol. The number of nitrogens with zero attached hydrogens (tertiary/aromatic N) is 1. The first-order valence-electron chi connectivity index (χ1n) is 8.89. The number of hydrogen-bond acceptors (Lipinski definition) is 3. The van der Waals surface area contributed by atoms with Crippen molar-refractivity contribution in [2.24, 2.45) is 0 Å². The van der Waals surface area contributed by atoms with Gasteiger partial charge in [-0.1, -0.05) is 67.6 Å². The Hall–Kier alpha value is -2.66. The summed E-state index contributed by atoms with van der Waals surface area (Å²) in [5, 5.41) is 12.2. The summed E-state index contributed by atoms with van der Waals surface area (Å²) in [6.07, 6.45) is 0.783. The number of carbonyl (C=O) groups is 2. The lowest BCUT2D eigenvalue weighted by Crippen LogP contribution is -2.48. The summed E-state index contributed by atoms with van der Waals surface area (Å²) >= 11 is 0. The summed E-state index contributed by atoms with van der Waals surface area (Å²) < 4.78 is 0. The van der Waals surface area contributed by atoms with E-state index in [2.05, 4.69) is 5.32 Å². The summed E-state index contributed by atoms with van der Waals surface area (Å²) in [6, 6.07) is 18.7. The lowest BCUT2D eigenvalue weighted by Gasteiger charge is -2.28. The molecule has 5 nitrogen and oxygen atoms in total. The van der Waals surface area contributed by atoms with Crippen molar-refractivity contribution in [3.63, 3.8) is 0 Å². The number of carboxylic acids is 1. The second-order valence-electron chi connectivity index (χ2n) is 6.30. The van der Waals surface area contributed by atoms with E-state index in [1.165, 1.54) is 0 Å². The normalized spacial score (nSPS) is 12.2. The zero-order chi connectivity index (χ0) is 18.9. The molecule has 0 spiro atoms. The van der Waals surface area contributed by atoms with Crippen LogP contribution in [0.4, 0.5) is 0 Å². The van der Waals surface area contributed by atoms with Crippen LogP contribution in [0.2, 0.25) is 0 Å². The minimum absolute atomic E-state index is 0.149. The van der Waals surface area contributed by atoms with Crippen LogP contribution in [0.25, 0.3) is 0 Å². The standard InChI is InChI=1S/C21H26N2O3/c1-3-14-23(15-19(24)25)16(2)21(26)22-20(17-10-6-4-7-11-17)18-12-8-5-9-13-18/h4-13,16,20H,3,14-15H2,1-2H3,(H,22,26)(H,24,25). The average molecular weight is 354 g/mol. The Labute approximate surface area is 154 Å². The molecule has 0 aliphatic rings. The highest BCUT2D eigenvalue weighted by Crippen LogP contribution is 2.22. The molecule has 2 N–H and O–H groups in total. The third-order valence-corrected chi connectivity index (χ3v) is 4.33. The maximum absolute atomic E-state index is 12.9. The van der Waals surface area contributed by atoms with Crippen LogP contribution in [0, 0.1) is 0 Å². The minimum atomic E-state index is -0.930. The van der Waals surface area contributed by atoms with Crippen molar-refractivity contribution in [1.82, 2.24) is 10.2 Å². The highest BCUT2D eigenvalue weighted by atomic mass is 16.4. The molecule has 0 saturated heterocycles. The van der Waals surface area contributed by atoms with Crippen molar-refractivity contribution in [3.05, 3.63) is 71.8 Å². The second kappa shape index (κ2) is 9.73. The Morgan fingerprint density at radius 3 is 1.92 bits per heavy atom. The molecule has 2 rings (SSSR count). The fraction of sp³-hybridized carbons (Fsp3) is 0.333. The molecule has 0 bridgehead atoms. The van der Waals surface area contributed by atoms with E-state index in [1.807, 2.05) is 67.6 Å². The van der Waals surface area contributed by atoms with E-state index in [0.717, 1.165) is 17.5 Å². The highest BCUT2D eigenvalue weighted by molar-refractivity contribution is 5.83. The van der Waals surface area contributed by atoms with Gasteiger partial charge in [0.15, 0.2) is 0 Å². The topological polar surface area (TPSA) is 69.6 Å². The van der Waals surface area contributed by atoms with Gasteiger partial charge in [-0.2, -0.15) is 0 Å². The molecule has 1 amide bonds. The Morgan fingerprint density at radius 1 is 1.00 bits per heavy atom. The zero-order valence-corrected chi connectivity index (χ0v) is 15.3. The van der Waals surface area contributed by atoms with Crippen LogP contribution in [-0.2, 0) is 9.59 Å². The smallest absolute Gasteiger partial charge is 0.317 e. The summed E-state index contributed by atoms with van der Waals surface area (Å²) in [6.45, 7) is 4.13. The first-order chi connectivity index (χ1) is 12.5. The quantitative estimate of drug-likeness (QED) is 0.726. The zero-order valence-electron chi connectivity index (χ0n) is 15.3. The number of amides is 1. The Kier molecular flexibility index (Phi) is 7.36. The van der Waals surface area contributed by atoms with Crippen LogP contribution in [0.3, 0.4) is 0 Å². The van der Waals surface area contributed by atoms with Crippen LogP contribution < -0.4 is 5.32 Å². The minimum Gasteiger partial charge on any atom is -0.480 e. The fourth-order valence-electron chi connectivity index (χ4n) is 2.95. The first kappa shape index (κ1) is 19.7. The van der Waals surface area contributed by atoms with E-state index < -0.39 is 12.0 Å². The molecule has 0 aliphatic carbocycles. The lowest BCUT2D eigenvalue weighted by atomic mass is 9.98. The van der Waals surface area contributed by atoms with Crippen LogP contribution in [0.1, 0.15) is 37.4 Å². The molecule has 2 aromatic rings. The van der Waals surface area contributed by atoms with Gasteiger partial charge in [-0.3, -0.25) is 14.5 Å². The number of aliphatic carboxylic acids is 1. The molecule has 0 heterocycles. The van der Waals surface area contributed by atoms with Crippen molar-refractivity contribution in [2.75, 3.05) is 13.1 Å². The van der Waals surface area contributed by atoms with Gasteiger partial charge >= 0.3 is 5.97 Å². The highest BCUT2D eigenvalue weighted by Gasteiger charge is 2.25. The largest absolute Gasteiger partial charge is 0.480 e. The van der Waals surface area contributed by atoms with Gasteiger partial charge < -0.3 is 10.4 Å². The third kappa shape index (κ3) is 5.43. The van der Waals surface area contributed by atoms with E-state index in [4.69, 9.17) is 5.11 Å². The average Bonchev–Trinajstić information content (AvgIpc) is 2.66. The summed E-state index contributed by atoms with van der Waals surface area (Å²) in [4.78, 5) is 25.6. The van der Waals surface area contributed by atoms with Crippen molar-refractivity contribution < 1.29 is 14.7 Å². The van der Waals surface area contributed by atoms with Crippen LogP contribution >= 0.6 is 0 Å². The summed E-state index contributed by atoms with van der Waals surface area (Å²) in [5.41, 5.74) is 1.97. The van der Waals surface area contributed by atoms with E-state index in [-0.39, 0.29) is 18.5 Å². The maximum Gasteiger partial charge on any atom is 0.317 e. The maximum atomic E-state index is 12.9. The van der Waals surface area contributed by atoms with Crippen LogP contribution in [0.5, 0.6) is 0 Å². The molecular weight excluding hydrogens is 328 g/mol. The molecule has 138 valence electrons. The van der Waals surface area contributed by atoms with Gasteiger partial charge in [-0.25, -0.2) is 0 Å². The molecule has 0 fully saturated rings. The van der Waals surface area contributed by atoms with Crippen molar-refractivity contribution in [1.29, 1.82) is 0 Å². The predicted octanol–water partition coefficient (Wildman–Crippen LogP) is 3.08. The molecular formula is C21H26N2O3. The first-order valence-corrected chi connectivity index (χ1v) is 8.89. The van der Waals surface area contributed by atoms with Gasteiger partial charge in [0.1, 0.15) is 0 Å². The Morgan fingerprint density at radius 2 is 1.50 bits per heavy atom. The third-order valence-electron chi connectivity index (χ3n) is 4.33. The molecule has 0 radical (unpaired) electrons. The number of benzene rings is 2. The van der Waals surface area contributed by atoms with Gasteiger partial charge in [-0.15, -0.1) is 0 Å². The van der Waals surface area contributed by atoms with Gasteiger partial charge in [0.25, 0.3) is 0 Å². The second-order valence-corrected chi connectivity index (χ2v) is 6.30. The summed E-state index contributed by atoms with van der Waals surface area (Å²) in [7, 11) is 0. The summed E-state index contributed by atoms with van der Waals surface area (Å²) in [5.74, 6) is -1.11. The van der Waals surface area contributed by atoms with Gasteiger partial charge in [-0.05, 0) is 31.0 Å². The molecule has 5 heteroatoms. The number of carbonyl (C=O) groups excluding carboxylic acids is 1. The SMILES string of the molecule is CCCN(CC(=O)O)C(C)C(=O)NC(c1ccccc1)c1ccccc1. The number of carboxylic acid groups (broad SMARTS) is 1. The molecule has 2 aromatic carbocycles. The van der Waals surface area contributed by atoms with Crippen LogP contribution in [0.15, 0.2) is 60.7 Å². The Balaban J connectivity index is 2.21. The lowest BCUT2D eigenvalue weighted by molar-refractivity contribution is -0.139. The number of rotatable bonds is 9. The Bertz CT molecular complexity index is 664. The van der Waals surface area contributed by atoms with Gasteiger partial charge in [0.2, 0.25) is 5.91 Å². The van der Waals surface area contributed by atoms with E-state index >= 15 is 0 Å². The van der Waals surface area contributed by atoms with Gasteiger partial charge in [0, 0.05) is 0 Å². The van der Waals surface area contributed by atoms with Crippen molar-refractivity contribution in [2.45, 2.75) is 32.4 Å². The molecule has 0 saturated carbocycles. The fourth-order valence-corrected chi connectivity index (χ4v) is 2.95. The number of nitrogens with one attached hydrogen (secondary N) is 1. The number of hydrogen-bond donors (Lipinski definition) is 2. The molecule has 26 heavy (non-hydrogen) atoms. The van der Waals surface area contributed by atoms with E-state index in [9.17, 15) is 9.59 Å². The van der Waals surface area contributed by atoms with Crippen molar-refractivity contribution >= 4 is 11.9 Å². The van der Waals surface area contributed by atoms with E-state index in [0.29, 0.717) is 6.54 Å². The molecule has 0 aromatic heterocycles. The molecule has 1 unspecified atom stereocenters. The molecule has 0 aliphatic heterocycles.